The largest absolute Gasteiger partial charge is 0.296 e. The lowest BCUT2D eigenvalue weighted by atomic mass is 10.0. The molecule has 0 spiro atoms. The lowest BCUT2D eigenvalue weighted by Gasteiger charge is -2.25. The minimum absolute atomic E-state index is 0.272. The van der Waals surface area contributed by atoms with Crippen molar-refractivity contribution in [3.05, 3.63) is 16.9 Å². The Kier molecular flexibility index (Phi) is 3.89. The number of nitriles is 1. The summed E-state index contributed by atoms with van der Waals surface area (Å²) in [5, 5.41) is 16.5. The number of hydrogen-bond donors (Lipinski definition) is 1. The third-order valence-corrected chi connectivity index (χ3v) is 2.34. The van der Waals surface area contributed by atoms with Crippen LogP contribution in [0, 0.1) is 11.3 Å². The van der Waals surface area contributed by atoms with E-state index in [0.717, 1.165) is 4.47 Å². The summed E-state index contributed by atoms with van der Waals surface area (Å²) in [5.41, 5.74) is -0.584. The first-order valence-corrected chi connectivity index (χ1v) is 5.61. The molecule has 1 unspecified atom stereocenters. The van der Waals surface area contributed by atoms with Gasteiger partial charge < -0.3 is 0 Å². The van der Waals surface area contributed by atoms with Crippen molar-refractivity contribution in [3.8, 4) is 6.07 Å². The van der Waals surface area contributed by atoms with Crippen molar-refractivity contribution in [1.29, 1.82) is 5.26 Å². The number of aromatic nitrogens is 2. The van der Waals surface area contributed by atoms with Crippen LogP contribution in [0.25, 0.3) is 0 Å². The van der Waals surface area contributed by atoms with Crippen LogP contribution < -0.4 is 5.32 Å². The number of halogens is 1. The topological polar surface area (TPSA) is 53.6 Å². The molecular formula is C10H15BrN4. The molecule has 1 rings (SSSR count). The maximum Gasteiger partial charge on any atom is 0.123 e. The van der Waals surface area contributed by atoms with Crippen LogP contribution in [0.4, 0.5) is 0 Å². The SMILES string of the molecule is CC(C)NC(C)(C#N)Cn1cc(Br)cn1. The second-order valence-electron chi connectivity index (χ2n) is 4.10. The summed E-state index contributed by atoms with van der Waals surface area (Å²) >= 11 is 3.33. The van der Waals surface area contributed by atoms with E-state index in [4.69, 9.17) is 5.26 Å². The van der Waals surface area contributed by atoms with Gasteiger partial charge in [-0.25, -0.2) is 0 Å². The zero-order valence-electron chi connectivity index (χ0n) is 9.16. The van der Waals surface area contributed by atoms with Gasteiger partial charge in [0.05, 0.1) is 23.3 Å². The molecule has 5 heteroatoms. The molecule has 1 N–H and O–H groups in total. The molecule has 1 heterocycles. The quantitative estimate of drug-likeness (QED) is 0.910. The zero-order valence-corrected chi connectivity index (χ0v) is 10.7. The van der Waals surface area contributed by atoms with Crippen molar-refractivity contribution in [2.75, 3.05) is 0 Å². The van der Waals surface area contributed by atoms with Crippen molar-refractivity contribution < 1.29 is 0 Å². The first-order valence-electron chi connectivity index (χ1n) is 4.82. The smallest absolute Gasteiger partial charge is 0.123 e. The summed E-state index contributed by atoms with van der Waals surface area (Å²) < 4.78 is 2.68. The molecule has 1 aromatic rings. The van der Waals surface area contributed by atoms with Gasteiger partial charge in [-0.2, -0.15) is 10.4 Å². The highest BCUT2D eigenvalue weighted by Crippen LogP contribution is 2.11. The van der Waals surface area contributed by atoms with Gasteiger partial charge in [0.15, 0.2) is 0 Å². The predicted octanol–water partition coefficient (Wildman–Crippen LogP) is 1.93. The Balaban J connectivity index is 2.73. The Morgan fingerprint density at radius 2 is 2.40 bits per heavy atom. The average molecular weight is 271 g/mol. The predicted molar refractivity (Wildman–Crippen MR) is 62.2 cm³/mol. The minimum Gasteiger partial charge on any atom is -0.296 e. The lowest BCUT2D eigenvalue weighted by molar-refractivity contribution is 0.344. The molecule has 0 aliphatic rings. The summed E-state index contributed by atoms with van der Waals surface area (Å²) in [4.78, 5) is 0. The molecule has 0 saturated heterocycles. The summed E-state index contributed by atoms with van der Waals surface area (Å²) in [5.74, 6) is 0. The number of hydrogen-bond acceptors (Lipinski definition) is 3. The standard InChI is InChI=1S/C10H15BrN4/c1-8(2)14-10(3,6-12)7-15-5-9(11)4-13-15/h4-5,8,14H,7H2,1-3H3. The van der Waals surface area contributed by atoms with E-state index in [2.05, 4.69) is 32.4 Å². The van der Waals surface area contributed by atoms with Crippen molar-refractivity contribution >= 4 is 15.9 Å². The molecule has 0 aromatic carbocycles. The van der Waals surface area contributed by atoms with Crippen LogP contribution in [0.2, 0.25) is 0 Å². The highest BCUT2D eigenvalue weighted by molar-refractivity contribution is 9.10. The van der Waals surface area contributed by atoms with E-state index >= 15 is 0 Å². The van der Waals surface area contributed by atoms with Gasteiger partial charge in [0, 0.05) is 12.2 Å². The summed E-state index contributed by atoms with van der Waals surface area (Å²) in [7, 11) is 0. The zero-order chi connectivity index (χ0) is 11.5. The van der Waals surface area contributed by atoms with E-state index in [-0.39, 0.29) is 6.04 Å². The monoisotopic (exact) mass is 270 g/mol. The first-order chi connectivity index (χ1) is 6.95. The van der Waals surface area contributed by atoms with Crippen molar-refractivity contribution in [3.63, 3.8) is 0 Å². The van der Waals surface area contributed by atoms with E-state index in [9.17, 15) is 0 Å². The fraction of sp³-hybridized carbons (Fsp3) is 0.600. The second kappa shape index (κ2) is 4.77. The van der Waals surface area contributed by atoms with Gasteiger partial charge in [-0.1, -0.05) is 0 Å². The van der Waals surface area contributed by atoms with E-state index in [1.54, 1.807) is 10.9 Å². The number of rotatable bonds is 4. The summed E-state index contributed by atoms with van der Waals surface area (Å²) in [6.07, 6.45) is 3.57. The third-order valence-electron chi connectivity index (χ3n) is 1.93. The van der Waals surface area contributed by atoms with Crippen LogP contribution in [0.1, 0.15) is 20.8 Å². The van der Waals surface area contributed by atoms with Gasteiger partial charge in [0.1, 0.15) is 5.54 Å². The first kappa shape index (κ1) is 12.2. The number of nitrogens with zero attached hydrogens (tertiary/aromatic N) is 3. The van der Waals surface area contributed by atoms with Gasteiger partial charge in [-0.3, -0.25) is 10.00 Å². The van der Waals surface area contributed by atoms with Gasteiger partial charge in [0.25, 0.3) is 0 Å². The molecule has 1 atom stereocenters. The molecule has 1 aromatic heterocycles. The Morgan fingerprint density at radius 1 is 1.73 bits per heavy atom. The van der Waals surface area contributed by atoms with E-state index in [0.29, 0.717) is 6.54 Å². The van der Waals surface area contributed by atoms with Crippen molar-refractivity contribution in [1.82, 2.24) is 15.1 Å². The normalized spacial score (nSPS) is 14.9. The molecule has 0 radical (unpaired) electrons. The highest BCUT2D eigenvalue weighted by Gasteiger charge is 2.25. The fourth-order valence-corrected chi connectivity index (χ4v) is 1.83. The van der Waals surface area contributed by atoms with Crippen LogP contribution in [0.15, 0.2) is 16.9 Å². The van der Waals surface area contributed by atoms with Crippen LogP contribution in [0.5, 0.6) is 0 Å². The van der Waals surface area contributed by atoms with Crippen LogP contribution >= 0.6 is 15.9 Å². The van der Waals surface area contributed by atoms with Crippen LogP contribution in [-0.4, -0.2) is 21.4 Å². The van der Waals surface area contributed by atoms with E-state index in [1.807, 2.05) is 27.0 Å². The molecule has 82 valence electrons. The lowest BCUT2D eigenvalue weighted by Crippen LogP contribution is -2.48. The third kappa shape index (κ3) is 3.65. The van der Waals surface area contributed by atoms with Crippen molar-refractivity contribution in [2.24, 2.45) is 0 Å². The second-order valence-corrected chi connectivity index (χ2v) is 5.01. The van der Waals surface area contributed by atoms with Crippen LogP contribution in [0.3, 0.4) is 0 Å². The fourth-order valence-electron chi connectivity index (χ4n) is 1.50. The molecule has 15 heavy (non-hydrogen) atoms. The minimum atomic E-state index is -0.584. The molecule has 0 fully saturated rings. The molecule has 0 amide bonds. The molecule has 4 nitrogen and oxygen atoms in total. The molecular weight excluding hydrogens is 256 g/mol. The van der Waals surface area contributed by atoms with Gasteiger partial charge >= 0.3 is 0 Å². The van der Waals surface area contributed by atoms with Gasteiger partial charge in [0.2, 0.25) is 0 Å². The maximum atomic E-state index is 9.14. The molecule has 0 aliphatic heterocycles. The van der Waals surface area contributed by atoms with E-state index < -0.39 is 5.54 Å². The Bertz CT molecular complexity index is 366. The Morgan fingerprint density at radius 3 is 2.80 bits per heavy atom. The Labute approximate surface area is 98.4 Å². The highest BCUT2D eigenvalue weighted by atomic mass is 79.9. The van der Waals surface area contributed by atoms with Crippen molar-refractivity contribution in [2.45, 2.75) is 38.9 Å². The molecule has 0 saturated carbocycles. The number of nitrogens with one attached hydrogen (secondary N) is 1. The van der Waals surface area contributed by atoms with Crippen LogP contribution in [-0.2, 0) is 6.54 Å². The average Bonchev–Trinajstić information content (AvgIpc) is 2.49. The van der Waals surface area contributed by atoms with Gasteiger partial charge in [-0.15, -0.1) is 0 Å². The summed E-state index contributed by atoms with van der Waals surface area (Å²) in [6.45, 7) is 6.46. The Hall–Kier alpha value is -0.860. The van der Waals surface area contributed by atoms with E-state index in [1.165, 1.54) is 0 Å². The van der Waals surface area contributed by atoms with Gasteiger partial charge in [-0.05, 0) is 36.7 Å². The summed E-state index contributed by atoms with van der Waals surface area (Å²) in [6, 6.07) is 2.55. The molecule has 0 bridgehead atoms. The molecule has 0 aliphatic carbocycles. The maximum absolute atomic E-state index is 9.14.